The van der Waals surface area contributed by atoms with E-state index in [2.05, 4.69) is 15.7 Å². The zero-order valence-electron chi connectivity index (χ0n) is 16.7. The number of carbonyl (C=O) groups is 2. The Morgan fingerprint density at radius 2 is 1.74 bits per heavy atom. The van der Waals surface area contributed by atoms with Gasteiger partial charge in [0.15, 0.2) is 0 Å². The highest BCUT2D eigenvalue weighted by molar-refractivity contribution is 6.08. The standard InChI is InChI=1S/C24H19FN4O2/c1-16-10-11-17(14-22(16)28-24(31)20-8-2-3-9-21(20)25)23(30)27-18-6-4-7-19(15-18)29-13-5-12-26-29/h2-15H,1H3,(H,27,30)(H,28,31). The van der Waals surface area contributed by atoms with Crippen molar-refractivity contribution >= 4 is 23.2 Å². The molecule has 1 aromatic heterocycles. The summed E-state index contributed by atoms with van der Waals surface area (Å²) in [5.74, 6) is -1.52. The van der Waals surface area contributed by atoms with Gasteiger partial charge in [0.05, 0.1) is 11.3 Å². The first kappa shape index (κ1) is 20.0. The molecule has 0 saturated carbocycles. The molecule has 6 nitrogen and oxygen atoms in total. The first-order valence-electron chi connectivity index (χ1n) is 9.59. The van der Waals surface area contributed by atoms with E-state index in [1.54, 1.807) is 54.2 Å². The fourth-order valence-electron chi connectivity index (χ4n) is 3.08. The highest BCUT2D eigenvalue weighted by Crippen LogP contribution is 2.21. The number of carbonyl (C=O) groups excluding carboxylic acids is 2. The van der Waals surface area contributed by atoms with Crippen LogP contribution < -0.4 is 10.6 Å². The molecule has 3 aromatic carbocycles. The minimum absolute atomic E-state index is 0.0628. The maximum atomic E-state index is 13.9. The second-order valence-electron chi connectivity index (χ2n) is 6.92. The van der Waals surface area contributed by atoms with E-state index in [0.717, 1.165) is 11.3 Å². The monoisotopic (exact) mass is 414 g/mol. The Kier molecular flexibility index (Phi) is 5.57. The van der Waals surface area contributed by atoms with Crippen molar-refractivity contribution in [3.63, 3.8) is 0 Å². The Labute approximate surface area is 178 Å². The van der Waals surface area contributed by atoms with Crippen molar-refractivity contribution in [2.45, 2.75) is 6.92 Å². The molecule has 0 unspecified atom stereocenters. The molecule has 0 fully saturated rings. The summed E-state index contributed by atoms with van der Waals surface area (Å²) in [6.45, 7) is 1.80. The topological polar surface area (TPSA) is 76.0 Å². The van der Waals surface area contributed by atoms with Gasteiger partial charge in [-0.3, -0.25) is 9.59 Å². The smallest absolute Gasteiger partial charge is 0.258 e. The second-order valence-corrected chi connectivity index (χ2v) is 6.92. The lowest BCUT2D eigenvalue weighted by Crippen LogP contribution is -2.16. The molecule has 4 aromatic rings. The molecule has 4 rings (SSSR count). The Hall–Kier alpha value is -4.26. The molecule has 0 radical (unpaired) electrons. The van der Waals surface area contributed by atoms with Crippen molar-refractivity contribution in [3.8, 4) is 5.69 Å². The number of aryl methyl sites for hydroxylation is 1. The van der Waals surface area contributed by atoms with Gasteiger partial charge < -0.3 is 10.6 Å². The predicted octanol–water partition coefficient (Wildman–Crippen LogP) is 4.82. The first-order chi connectivity index (χ1) is 15.0. The normalized spacial score (nSPS) is 10.5. The minimum Gasteiger partial charge on any atom is -0.322 e. The van der Waals surface area contributed by atoms with Crippen LogP contribution in [0.2, 0.25) is 0 Å². The third-order valence-electron chi connectivity index (χ3n) is 4.74. The van der Waals surface area contributed by atoms with Gasteiger partial charge in [0.25, 0.3) is 11.8 Å². The van der Waals surface area contributed by atoms with Crippen molar-refractivity contribution in [2.75, 3.05) is 10.6 Å². The molecule has 1 heterocycles. The number of hydrogen-bond acceptors (Lipinski definition) is 3. The number of nitrogens with one attached hydrogen (secondary N) is 2. The summed E-state index contributed by atoms with van der Waals surface area (Å²) in [5.41, 5.74) is 2.90. The van der Waals surface area contributed by atoms with E-state index in [1.165, 1.54) is 18.2 Å². The zero-order valence-corrected chi connectivity index (χ0v) is 16.7. The van der Waals surface area contributed by atoms with Gasteiger partial charge in [-0.25, -0.2) is 9.07 Å². The van der Waals surface area contributed by atoms with Crippen molar-refractivity contribution < 1.29 is 14.0 Å². The number of rotatable bonds is 5. The van der Waals surface area contributed by atoms with Crippen molar-refractivity contribution in [3.05, 3.63) is 108 Å². The van der Waals surface area contributed by atoms with E-state index in [0.29, 0.717) is 16.9 Å². The summed E-state index contributed by atoms with van der Waals surface area (Å²) in [5, 5.41) is 9.71. The maximum Gasteiger partial charge on any atom is 0.258 e. The van der Waals surface area contributed by atoms with Crippen LogP contribution in [0.4, 0.5) is 15.8 Å². The maximum absolute atomic E-state index is 13.9. The van der Waals surface area contributed by atoms with Crippen LogP contribution in [-0.2, 0) is 0 Å². The van der Waals surface area contributed by atoms with Crippen LogP contribution in [0.15, 0.2) is 85.2 Å². The van der Waals surface area contributed by atoms with Gasteiger partial charge in [-0.15, -0.1) is 0 Å². The average molecular weight is 414 g/mol. The van der Waals surface area contributed by atoms with Crippen LogP contribution in [0.25, 0.3) is 5.69 Å². The molecule has 31 heavy (non-hydrogen) atoms. The van der Waals surface area contributed by atoms with Crippen LogP contribution in [0, 0.1) is 12.7 Å². The number of amides is 2. The Bertz CT molecular complexity index is 1250. The summed E-state index contributed by atoms with van der Waals surface area (Å²) >= 11 is 0. The van der Waals surface area contributed by atoms with Gasteiger partial charge >= 0.3 is 0 Å². The third-order valence-corrected chi connectivity index (χ3v) is 4.74. The molecule has 154 valence electrons. The third kappa shape index (κ3) is 4.51. The number of hydrogen-bond donors (Lipinski definition) is 2. The van der Waals surface area contributed by atoms with Crippen LogP contribution in [0.3, 0.4) is 0 Å². The quantitative estimate of drug-likeness (QED) is 0.491. The van der Waals surface area contributed by atoms with Crippen LogP contribution in [-0.4, -0.2) is 21.6 Å². The molecule has 0 saturated heterocycles. The van der Waals surface area contributed by atoms with E-state index in [4.69, 9.17) is 0 Å². The Morgan fingerprint density at radius 1 is 0.903 bits per heavy atom. The molecule has 0 aliphatic heterocycles. The van der Waals surface area contributed by atoms with Crippen LogP contribution >= 0.6 is 0 Å². The SMILES string of the molecule is Cc1ccc(C(=O)Nc2cccc(-n3cccn3)c2)cc1NC(=O)c1ccccc1F. The van der Waals surface area contributed by atoms with Gasteiger partial charge in [-0.2, -0.15) is 5.10 Å². The molecule has 0 bridgehead atoms. The largest absolute Gasteiger partial charge is 0.322 e. The lowest BCUT2D eigenvalue weighted by atomic mass is 10.1. The van der Waals surface area contributed by atoms with Crippen LogP contribution in [0.5, 0.6) is 0 Å². The number of benzene rings is 3. The fraction of sp³-hybridized carbons (Fsp3) is 0.0417. The van der Waals surface area contributed by atoms with Crippen molar-refractivity contribution in [1.29, 1.82) is 0 Å². The molecular formula is C24H19FN4O2. The molecule has 0 aliphatic rings. The first-order valence-corrected chi connectivity index (χ1v) is 9.59. The Morgan fingerprint density at radius 3 is 2.52 bits per heavy atom. The molecule has 0 atom stereocenters. The van der Waals surface area contributed by atoms with E-state index < -0.39 is 11.7 Å². The summed E-state index contributed by atoms with van der Waals surface area (Å²) in [7, 11) is 0. The molecule has 2 amide bonds. The summed E-state index contributed by atoms with van der Waals surface area (Å²) in [6, 6.07) is 19.8. The van der Waals surface area contributed by atoms with E-state index in [9.17, 15) is 14.0 Å². The lowest BCUT2D eigenvalue weighted by molar-refractivity contribution is 0.101. The minimum atomic E-state index is -0.608. The van der Waals surface area contributed by atoms with E-state index in [1.807, 2.05) is 24.4 Å². The molecule has 2 N–H and O–H groups in total. The van der Waals surface area contributed by atoms with Crippen molar-refractivity contribution in [1.82, 2.24) is 9.78 Å². The van der Waals surface area contributed by atoms with Gasteiger partial charge in [0.2, 0.25) is 0 Å². The predicted molar refractivity (Wildman–Crippen MR) is 117 cm³/mol. The van der Waals surface area contributed by atoms with E-state index >= 15 is 0 Å². The van der Waals surface area contributed by atoms with Crippen molar-refractivity contribution in [2.24, 2.45) is 0 Å². The number of aromatic nitrogens is 2. The van der Waals surface area contributed by atoms with Gasteiger partial charge in [0, 0.05) is 29.3 Å². The molecule has 0 spiro atoms. The van der Waals surface area contributed by atoms with Crippen LogP contribution in [0.1, 0.15) is 26.3 Å². The van der Waals surface area contributed by atoms with Gasteiger partial charge in [-0.1, -0.05) is 24.3 Å². The number of nitrogens with zero attached hydrogens (tertiary/aromatic N) is 2. The highest BCUT2D eigenvalue weighted by Gasteiger charge is 2.14. The Balaban J connectivity index is 1.53. The number of anilines is 2. The molecule has 0 aliphatic carbocycles. The van der Waals surface area contributed by atoms with Gasteiger partial charge in [0.1, 0.15) is 5.82 Å². The molecule has 7 heteroatoms. The lowest BCUT2D eigenvalue weighted by Gasteiger charge is -2.12. The second kappa shape index (κ2) is 8.62. The summed E-state index contributed by atoms with van der Waals surface area (Å²) < 4.78 is 15.6. The number of halogens is 1. The zero-order chi connectivity index (χ0) is 21.8. The van der Waals surface area contributed by atoms with E-state index in [-0.39, 0.29) is 11.5 Å². The summed E-state index contributed by atoms with van der Waals surface area (Å²) in [6.07, 6.45) is 3.49. The van der Waals surface area contributed by atoms with Gasteiger partial charge in [-0.05, 0) is 61.0 Å². The fourth-order valence-corrected chi connectivity index (χ4v) is 3.08. The molecular weight excluding hydrogens is 395 g/mol. The highest BCUT2D eigenvalue weighted by atomic mass is 19.1. The average Bonchev–Trinajstić information content (AvgIpc) is 3.31. The summed E-state index contributed by atoms with van der Waals surface area (Å²) in [4.78, 5) is 25.2.